The maximum atomic E-state index is 14.0. The lowest BCUT2D eigenvalue weighted by atomic mass is 9.98. The van der Waals surface area contributed by atoms with Gasteiger partial charge in [-0.15, -0.1) is 11.3 Å². The first kappa shape index (κ1) is 19.5. The third-order valence-corrected chi connectivity index (χ3v) is 5.51. The summed E-state index contributed by atoms with van der Waals surface area (Å²) in [4.78, 5) is 16.9. The molecule has 0 fully saturated rings. The topological polar surface area (TPSA) is 59.5 Å². The summed E-state index contributed by atoms with van der Waals surface area (Å²) >= 11 is 7.43. The Bertz CT molecular complexity index is 1150. The minimum Gasteiger partial charge on any atom is -0.472 e. The first-order valence-corrected chi connectivity index (χ1v) is 9.67. The molecule has 4 rings (SSSR count). The SMILES string of the molecule is O=C(Cc1cccs1)NCc1c(-c2ccoc2)cn2c(Cl)cnc2c1C(F)(F)F. The van der Waals surface area contributed by atoms with E-state index < -0.39 is 11.7 Å². The molecule has 0 unspecified atom stereocenters. The van der Waals surface area contributed by atoms with Gasteiger partial charge in [-0.05, 0) is 23.1 Å². The van der Waals surface area contributed by atoms with Crippen molar-refractivity contribution in [2.45, 2.75) is 19.1 Å². The van der Waals surface area contributed by atoms with Crippen LogP contribution in [0.2, 0.25) is 5.15 Å². The van der Waals surface area contributed by atoms with Gasteiger partial charge >= 0.3 is 6.18 Å². The third kappa shape index (κ3) is 3.88. The van der Waals surface area contributed by atoms with Crippen LogP contribution in [-0.2, 0) is 23.9 Å². The Hall–Kier alpha value is -2.78. The van der Waals surface area contributed by atoms with Crippen LogP contribution in [0.15, 0.2) is 52.9 Å². The number of aromatic nitrogens is 2. The van der Waals surface area contributed by atoms with E-state index in [1.165, 1.54) is 34.5 Å². The van der Waals surface area contributed by atoms with Gasteiger partial charge in [0.15, 0.2) is 5.65 Å². The Balaban J connectivity index is 1.79. The number of pyridine rings is 1. The van der Waals surface area contributed by atoms with Gasteiger partial charge in [-0.3, -0.25) is 9.20 Å². The Morgan fingerprint density at radius 3 is 2.83 bits per heavy atom. The van der Waals surface area contributed by atoms with Gasteiger partial charge in [0, 0.05) is 28.7 Å². The Morgan fingerprint density at radius 2 is 2.17 bits per heavy atom. The van der Waals surface area contributed by atoms with Crippen LogP contribution >= 0.6 is 22.9 Å². The number of fused-ring (bicyclic) bond motifs is 1. The lowest BCUT2D eigenvalue weighted by Crippen LogP contribution is -2.26. The molecule has 1 N–H and O–H groups in total. The van der Waals surface area contributed by atoms with Gasteiger partial charge in [0.1, 0.15) is 10.7 Å². The molecular formula is C19H13ClF3N3O2S. The normalized spacial score (nSPS) is 11.9. The molecule has 0 spiro atoms. The second-order valence-electron chi connectivity index (χ2n) is 6.21. The van der Waals surface area contributed by atoms with E-state index in [0.717, 1.165) is 11.1 Å². The number of furan rings is 1. The summed E-state index contributed by atoms with van der Waals surface area (Å²) in [6.45, 7) is -0.319. The van der Waals surface area contributed by atoms with Crippen LogP contribution in [0.5, 0.6) is 0 Å². The van der Waals surface area contributed by atoms with Gasteiger partial charge in [0.25, 0.3) is 0 Å². The molecule has 0 atom stereocenters. The fourth-order valence-electron chi connectivity index (χ4n) is 3.09. The number of halogens is 4. The van der Waals surface area contributed by atoms with Crippen molar-refractivity contribution in [1.82, 2.24) is 14.7 Å². The highest BCUT2D eigenvalue weighted by Crippen LogP contribution is 2.40. The second kappa shape index (κ2) is 7.57. The van der Waals surface area contributed by atoms with Gasteiger partial charge in [-0.1, -0.05) is 17.7 Å². The molecule has 29 heavy (non-hydrogen) atoms. The lowest BCUT2D eigenvalue weighted by molar-refractivity contribution is -0.137. The van der Waals surface area contributed by atoms with E-state index in [2.05, 4.69) is 10.3 Å². The van der Waals surface area contributed by atoms with Crippen molar-refractivity contribution >= 4 is 34.5 Å². The van der Waals surface area contributed by atoms with Gasteiger partial charge in [0.05, 0.1) is 25.1 Å². The molecule has 0 aliphatic carbocycles. The zero-order chi connectivity index (χ0) is 20.6. The van der Waals surface area contributed by atoms with Crippen LogP contribution in [-0.4, -0.2) is 15.3 Å². The highest BCUT2D eigenvalue weighted by atomic mass is 35.5. The number of hydrogen-bond donors (Lipinski definition) is 1. The van der Waals surface area contributed by atoms with Crippen LogP contribution in [0, 0.1) is 0 Å². The number of rotatable bonds is 5. The molecular weight excluding hydrogens is 427 g/mol. The van der Waals surface area contributed by atoms with Crippen molar-refractivity contribution < 1.29 is 22.4 Å². The molecule has 0 bridgehead atoms. The fourth-order valence-corrected chi connectivity index (χ4v) is 3.97. The molecule has 0 saturated carbocycles. The predicted octanol–water partition coefficient (Wildman–Crippen LogP) is 5.19. The Labute approximate surface area is 171 Å². The van der Waals surface area contributed by atoms with Crippen LogP contribution in [0.1, 0.15) is 16.0 Å². The minimum atomic E-state index is -4.70. The summed E-state index contributed by atoms with van der Waals surface area (Å²) in [5.74, 6) is -0.375. The molecule has 5 nitrogen and oxygen atoms in total. The zero-order valence-corrected chi connectivity index (χ0v) is 16.2. The predicted molar refractivity (Wildman–Crippen MR) is 103 cm³/mol. The summed E-state index contributed by atoms with van der Waals surface area (Å²) in [6, 6.07) is 5.14. The van der Waals surface area contributed by atoms with Gasteiger partial charge in [0.2, 0.25) is 5.91 Å². The lowest BCUT2D eigenvalue weighted by Gasteiger charge is -2.18. The maximum absolute atomic E-state index is 14.0. The molecule has 4 aromatic heterocycles. The third-order valence-electron chi connectivity index (χ3n) is 4.35. The molecule has 4 heterocycles. The second-order valence-corrected chi connectivity index (χ2v) is 7.63. The minimum absolute atomic E-state index is 0.0449. The molecule has 1 amide bonds. The van der Waals surface area contributed by atoms with E-state index in [4.69, 9.17) is 16.0 Å². The first-order chi connectivity index (χ1) is 13.8. The number of amides is 1. The molecule has 0 saturated heterocycles. The quantitative estimate of drug-likeness (QED) is 0.465. The molecule has 0 aliphatic heterocycles. The van der Waals surface area contributed by atoms with Gasteiger partial charge in [-0.2, -0.15) is 13.2 Å². The van der Waals surface area contributed by atoms with Crippen molar-refractivity contribution in [2.75, 3.05) is 0 Å². The fraction of sp³-hybridized carbons (Fsp3) is 0.158. The summed E-state index contributed by atoms with van der Waals surface area (Å²) in [6.07, 6.45) is 0.710. The molecule has 4 aromatic rings. The average molecular weight is 440 g/mol. The van der Waals surface area contributed by atoms with E-state index in [1.807, 2.05) is 11.4 Å². The monoisotopic (exact) mass is 439 g/mol. The number of imidazole rings is 1. The first-order valence-electron chi connectivity index (χ1n) is 8.42. The van der Waals surface area contributed by atoms with Crippen molar-refractivity contribution in [3.8, 4) is 11.1 Å². The highest BCUT2D eigenvalue weighted by Gasteiger charge is 2.38. The largest absolute Gasteiger partial charge is 0.472 e. The van der Waals surface area contributed by atoms with Crippen LogP contribution in [0.4, 0.5) is 13.2 Å². The zero-order valence-electron chi connectivity index (χ0n) is 14.7. The van der Waals surface area contributed by atoms with E-state index in [-0.39, 0.29) is 40.8 Å². The summed E-state index contributed by atoms with van der Waals surface area (Å²) < 4.78 is 48.2. The molecule has 150 valence electrons. The summed E-state index contributed by atoms with van der Waals surface area (Å²) in [5.41, 5.74) is -0.690. The van der Waals surface area contributed by atoms with Crippen molar-refractivity contribution in [2.24, 2.45) is 0 Å². The number of carbonyl (C=O) groups is 1. The number of nitrogens with zero attached hydrogens (tertiary/aromatic N) is 2. The van der Waals surface area contributed by atoms with E-state index in [9.17, 15) is 18.0 Å². The summed E-state index contributed by atoms with van der Waals surface area (Å²) in [5, 5.41) is 4.47. The van der Waals surface area contributed by atoms with E-state index in [0.29, 0.717) is 5.56 Å². The van der Waals surface area contributed by atoms with Crippen molar-refractivity contribution in [1.29, 1.82) is 0 Å². The van der Waals surface area contributed by atoms with E-state index in [1.54, 1.807) is 12.1 Å². The standard InChI is InChI=1S/C19H13ClF3N3O2S/c20-15-8-25-18-17(19(21,22)23)13(7-24-16(27)6-12-2-1-5-29-12)14(9-26(15)18)11-3-4-28-10-11/h1-5,8-10H,6-7H2,(H,24,27). The molecule has 10 heteroatoms. The Morgan fingerprint density at radius 1 is 1.34 bits per heavy atom. The number of hydrogen-bond acceptors (Lipinski definition) is 4. The maximum Gasteiger partial charge on any atom is 0.420 e. The number of carbonyl (C=O) groups excluding carboxylic acids is 1. The van der Waals surface area contributed by atoms with Crippen molar-refractivity contribution in [3.63, 3.8) is 0 Å². The summed E-state index contributed by atoms with van der Waals surface area (Å²) in [7, 11) is 0. The molecule has 0 aliphatic rings. The number of thiophene rings is 1. The van der Waals surface area contributed by atoms with Crippen molar-refractivity contribution in [3.05, 3.63) is 69.7 Å². The molecule has 0 radical (unpaired) electrons. The van der Waals surface area contributed by atoms with Crippen LogP contribution in [0.25, 0.3) is 16.8 Å². The van der Waals surface area contributed by atoms with Crippen LogP contribution in [0.3, 0.4) is 0 Å². The Kier molecular flexibility index (Phi) is 5.10. The van der Waals surface area contributed by atoms with Gasteiger partial charge < -0.3 is 9.73 Å². The van der Waals surface area contributed by atoms with Gasteiger partial charge in [-0.25, -0.2) is 4.98 Å². The highest BCUT2D eigenvalue weighted by molar-refractivity contribution is 7.10. The van der Waals surface area contributed by atoms with Crippen LogP contribution < -0.4 is 5.32 Å². The smallest absolute Gasteiger partial charge is 0.420 e. The average Bonchev–Trinajstić information content (AvgIpc) is 3.41. The number of nitrogens with one attached hydrogen (secondary N) is 1. The molecule has 0 aromatic carbocycles. The number of alkyl halides is 3. The van der Waals surface area contributed by atoms with E-state index >= 15 is 0 Å².